The molecule has 0 spiro atoms. The minimum absolute atomic E-state index is 0.0131. The van der Waals surface area contributed by atoms with E-state index in [2.05, 4.69) is 20.0 Å². The fourth-order valence-electron chi connectivity index (χ4n) is 2.97. The van der Waals surface area contributed by atoms with Gasteiger partial charge in [0.25, 0.3) is 0 Å². The maximum atomic E-state index is 12.6. The summed E-state index contributed by atoms with van der Waals surface area (Å²) in [6.07, 6.45) is -5.25. The molecule has 1 fully saturated rings. The third-order valence-corrected chi connectivity index (χ3v) is 4.37. The monoisotopic (exact) mass is 456 g/mol. The van der Waals surface area contributed by atoms with Crippen LogP contribution in [0.3, 0.4) is 0 Å². The van der Waals surface area contributed by atoms with E-state index in [0.717, 1.165) is 0 Å². The number of nitrogens with zero attached hydrogens (tertiary/aromatic N) is 3. The summed E-state index contributed by atoms with van der Waals surface area (Å²) in [5, 5.41) is 6.00. The van der Waals surface area contributed by atoms with Gasteiger partial charge in [0, 0.05) is 24.2 Å². The summed E-state index contributed by atoms with van der Waals surface area (Å²) < 4.78 is 52.8. The van der Waals surface area contributed by atoms with Gasteiger partial charge in [-0.05, 0) is 45.0 Å². The van der Waals surface area contributed by atoms with Crippen molar-refractivity contribution in [3.05, 3.63) is 30.2 Å². The van der Waals surface area contributed by atoms with Gasteiger partial charge in [-0.25, -0.2) is 4.79 Å². The largest absolute Gasteiger partial charge is 0.471 e. The molecule has 1 atom stereocenters. The number of morpholine rings is 1. The molecule has 12 heteroatoms. The highest BCUT2D eigenvalue weighted by Crippen LogP contribution is 2.29. The summed E-state index contributed by atoms with van der Waals surface area (Å²) in [6.45, 7) is 6.14. The molecule has 2 amide bonds. The van der Waals surface area contributed by atoms with Gasteiger partial charge >= 0.3 is 18.2 Å². The zero-order valence-corrected chi connectivity index (χ0v) is 17.7. The van der Waals surface area contributed by atoms with Crippen LogP contribution in [0.4, 0.5) is 23.7 Å². The Morgan fingerprint density at radius 1 is 1.22 bits per heavy atom. The fourth-order valence-corrected chi connectivity index (χ4v) is 2.97. The molecule has 1 aliphatic rings. The first-order valence-corrected chi connectivity index (χ1v) is 9.81. The molecule has 0 unspecified atom stereocenters. The average Bonchev–Trinajstić information content (AvgIpc) is 3.18. The number of benzene rings is 1. The third-order valence-electron chi connectivity index (χ3n) is 4.37. The Morgan fingerprint density at radius 2 is 1.91 bits per heavy atom. The number of halogens is 3. The molecular weight excluding hydrogens is 433 g/mol. The van der Waals surface area contributed by atoms with Crippen molar-refractivity contribution >= 4 is 17.7 Å². The Labute approximate surface area is 181 Å². The number of carbonyl (C=O) groups is 2. The Balaban J connectivity index is 1.60. The van der Waals surface area contributed by atoms with Crippen molar-refractivity contribution in [2.45, 2.75) is 45.0 Å². The highest BCUT2D eigenvalue weighted by atomic mass is 19.4. The first-order valence-electron chi connectivity index (χ1n) is 9.81. The van der Waals surface area contributed by atoms with Gasteiger partial charge in [0.1, 0.15) is 5.60 Å². The number of nitrogens with one attached hydrogen (secondary N) is 1. The van der Waals surface area contributed by atoms with Crippen molar-refractivity contribution < 1.29 is 36.8 Å². The van der Waals surface area contributed by atoms with Gasteiger partial charge in [0.2, 0.25) is 11.7 Å². The SMILES string of the molecule is CC(C)(C)OC(=O)N1CCOC[C@@H]1CC(=O)Nc1ccc(-c2noc(C(F)(F)F)n2)cc1. The second-order valence-corrected chi connectivity index (χ2v) is 8.15. The third kappa shape index (κ3) is 6.19. The van der Waals surface area contributed by atoms with Crippen LogP contribution < -0.4 is 5.32 Å². The van der Waals surface area contributed by atoms with Crippen molar-refractivity contribution in [1.29, 1.82) is 0 Å². The zero-order valence-electron chi connectivity index (χ0n) is 17.7. The second-order valence-electron chi connectivity index (χ2n) is 8.15. The summed E-state index contributed by atoms with van der Waals surface area (Å²) in [5.41, 5.74) is 0.0432. The van der Waals surface area contributed by atoms with Crippen LogP contribution in [-0.2, 0) is 20.4 Å². The summed E-state index contributed by atoms with van der Waals surface area (Å²) in [6, 6.07) is 5.42. The normalized spacial score (nSPS) is 17.2. The lowest BCUT2D eigenvalue weighted by Crippen LogP contribution is -2.51. The topological polar surface area (TPSA) is 107 Å². The van der Waals surface area contributed by atoms with E-state index in [0.29, 0.717) is 24.4 Å². The van der Waals surface area contributed by atoms with E-state index in [1.165, 1.54) is 29.2 Å². The Morgan fingerprint density at radius 3 is 2.50 bits per heavy atom. The molecule has 2 heterocycles. The van der Waals surface area contributed by atoms with Gasteiger partial charge in [-0.3, -0.25) is 4.79 Å². The summed E-state index contributed by atoms with van der Waals surface area (Å²) in [7, 11) is 0. The maximum absolute atomic E-state index is 12.6. The van der Waals surface area contributed by atoms with Crippen molar-refractivity contribution in [3.63, 3.8) is 0 Å². The lowest BCUT2D eigenvalue weighted by Gasteiger charge is -2.36. The number of alkyl halides is 3. The van der Waals surface area contributed by atoms with Gasteiger partial charge in [-0.1, -0.05) is 5.16 Å². The molecule has 0 saturated carbocycles. The van der Waals surface area contributed by atoms with E-state index in [1.54, 1.807) is 20.8 Å². The highest BCUT2D eigenvalue weighted by Gasteiger charge is 2.38. The fraction of sp³-hybridized carbons (Fsp3) is 0.500. The molecule has 1 saturated heterocycles. The smallest absolute Gasteiger partial charge is 0.444 e. The summed E-state index contributed by atoms with van der Waals surface area (Å²) in [5.74, 6) is -2.02. The number of anilines is 1. The molecule has 1 aromatic heterocycles. The van der Waals surface area contributed by atoms with Gasteiger partial charge in [-0.2, -0.15) is 18.2 Å². The quantitative estimate of drug-likeness (QED) is 0.747. The molecule has 1 N–H and O–H groups in total. The van der Waals surface area contributed by atoms with Crippen LogP contribution in [-0.4, -0.2) is 58.4 Å². The molecule has 0 bridgehead atoms. The van der Waals surface area contributed by atoms with Crippen molar-refractivity contribution in [1.82, 2.24) is 15.0 Å². The molecule has 1 aromatic carbocycles. The second kappa shape index (κ2) is 9.15. The van der Waals surface area contributed by atoms with Crippen molar-refractivity contribution in [2.75, 3.05) is 25.1 Å². The lowest BCUT2D eigenvalue weighted by atomic mass is 10.1. The number of amides is 2. The molecular formula is C20H23F3N4O5. The van der Waals surface area contributed by atoms with Crippen LogP contribution in [0.25, 0.3) is 11.4 Å². The van der Waals surface area contributed by atoms with Crippen LogP contribution >= 0.6 is 0 Å². The van der Waals surface area contributed by atoms with Crippen LogP contribution in [0, 0.1) is 0 Å². The van der Waals surface area contributed by atoms with Crippen LogP contribution in [0.2, 0.25) is 0 Å². The highest BCUT2D eigenvalue weighted by molar-refractivity contribution is 5.91. The predicted octanol–water partition coefficient (Wildman–Crippen LogP) is 3.72. The number of rotatable bonds is 4. The Hall–Kier alpha value is -3.15. The van der Waals surface area contributed by atoms with E-state index < -0.39 is 29.8 Å². The van der Waals surface area contributed by atoms with Gasteiger partial charge < -0.3 is 24.2 Å². The van der Waals surface area contributed by atoms with Crippen LogP contribution in [0.1, 0.15) is 33.1 Å². The number of hydrogen-bond acceptors (Lipinski definition) is 7. The maximum Gasteiger partial charge on any atom is 0.471 e. The lowest BCUT2D eigenvalue weighted by molar-refractivity contribution is -0.159. The minimum atomic E-state index is -4.73. The Bertz CT molecular complexity index is 953. The molecule has 174 valence electrons. The van der Waals surface area contributed by atoms with E-state index in [1.807, 2.05) is 0 Å². The number of carbonyl (C=O) groups excluding carboxylic acids is 2. The molecule has 3 rings (SSSR count). The molecule has 32 heavy (non-hydrogen) atoms. The molecule has 9 nitrogen and oxygen atoms in total. The number of ether oxygens (including phenoxy) is 2. The Kier molecular flexibility index (Phi) is 6.72. The van der Waals surface area contributed by atoms with E-state index in [4.69, 9.17) is 9.47 Å². The van der Waals surface area contributed by atoms with E-state index in [9.17, 15) is 22.8 Å². The van der Waals surface area contributed by atoms with Crippen LogP contribution in [0.5, 0.6) is 0 Å². The van der Waals surface area contributed by atoms with E-state index in [-0.39, 0.29) is 24.8 Å². The standard InChI is InChI=1S/C20H23F3N4O5/c1-19(2,3)31-18(29)27-8-9-30-11-14(27)10-15(28)24-13-6-4-12(5-7-13)16-25-17(32-26-16)20(21,22)23/h4-7,14H,8-11H2,1-3H3,(H,24,28)/t14-/m0/s1. The summed E-state index contributed by atoms with van der Waals surface area (Å²) in [4.78, 5) is 29.7. The first-order chi connectivity index (χ1) is 14.9. The first kappa shape index (κ1) is 23.5. The number of aromatic nitrogens is 2. The predicted molar refractivity (Wildman–Crippen MR) is 106 cm³/mol. The number of hydrogen-bond donors (Lipinski definition) is 1. The van der Waals surface area contributed by atoms with Crippen molar-refractivity contribution in [3.8, 4) is 11.4 Å². The minimum Gasteiger partial charge on any atom is -0.444 e. The van der Waals surface area contributed by atoms with Gasteiger partial charge in [0.05, 0.1) is 19.3 Å². The molecule has 1 aliphatic heterocycles. The average molecular weight is 456 g/mol. The molecule has 0 aliphatic carbocycles. The van der Waals surface area contributed by atoms with E-state index >= 15 is 0 Å². The molecule has 2 aromatic rings. The zero-order chi connectivity index (χ0) is 23.5. The van der Waals surface area contributed by atoms with Gasteiger partial charge in [-0.15, -0.1) is 0 Å². The van der Waals surface area contributed by atoms with Gasteiger partial charge in [0.15, 0.2) is 0 Å². The summed E-state index contributed by atoms with van der Waals surface area (Å²) >= 11 is 0. The van der Waals surface area contributed by atoms with Crippen LogP contribution in [0.15, 0.2) is 28.8 Å². The van der Waals surface area contributed by atoms with Crippen molar-refractivity contribution in [2.24, 2.45) is 0 Å². The molecule has 0 radical (unpaired) electrons.